The molecule has 0 heterocycles. The van der Waals surface area contributed by atoms with Gasteiger partial charge in [0.25, 0.3) is 0 Å². The molecule has 0 unspecified atom stereocenters. The first kappa shape index (κ1) is 62.4. The fraction of sp³-hybridized carbons (Fsp3) is 0.111. The first-order valence-electron chi connectivity index (χ1n) is 29.0. The summed E-state index contributed by atoms with van der Waals surface area (Å²) in [5, 5.41) is 0.583. The average Bonchev–Trinajstić information content (AvgIpc) is 0.830. The molecule has 0 N–H and O–H groups in total. The van der Waals surface area contributed by atoms with Crippen molar-refractivity contribution in [3.05, 3.63) is 288 Å². The Labute approximate surface area is 544 Å². The lowest BCUT2D eigenvalue weighted by atomic mass is 9.71. The Morgan fingerprint density at radius 2 is 0.264 bits per heavy atom. The molecule has 12 aromatic rings. The highest BCUT2D eigenvalue weighted by Crippen LogP contribution is 2.59. The number of hydrogen-bond donors (Lipinski definition) is 0. The van der Waals surface area contributed by atoms with E-state index in [0.29, 0.717) is 0 Å². The highest BCUT2D eigenvalue weighted by atomic mass is 35.5. The standard InChI is InChI=1S/C78H60.3CH2Cl2/c1-49-67(55-31-13-7-14-32-55)68(56-33-15-8-16-34-56)50(2)74-63-45-27-28-46-64(63)76-52(4)70(58-37-19-10-20-38-58)72(60-41-23-12-24-42-60)54(6)78(76)66-48-30-29-47-65(66)77-53(5)71(59-39-21-11-22-40-59)69(57-35-17-9-18-36-57)51(3)75(77)62-44-26-25-43-61(62)73(49)74;3*2-1-3/h7-48H,1-6H3;3*1H2. The summed E-state index contributed by atoms with van der Waals surface area (Å²) < 4.78 is 0. The van der Waals surface area contributed by atoms with Gasteiger partial charge in [0.15, 0.2) is 0 Å². The summed E-state index contributed by atoms with van der Waals surface area (Å²) in [6.07, 6.45) is 0. The number of alkyl halides is 6. The monoisotopic (exact) mass is 1250 g/mol. The van der Waals surface area contributed by atoms with Crippen molar-refractivity contribution < 1.29 is 0 Å². The largest absolute Gasteiger partial charge is 0.109 e. The molecule has 1 aliphatic rings. The van der Waals surface area contributed by atoms with Gasteiger partial charge in [0.05, 0.1) is 16.0 Å². The van der Waals surface area contributed by atoms with Crippen molar-refractivity contribution >= 4 is 69.6 Å². The van der Waals surface area contributed by atoms with Gasteiger partial charge in [0.2, 0.25) is 0 Å². The van der Waals surface area contributed by atoms with Crippen LogP contribution in [-0.4, -0.2) is 16.0 Å². The van der Waals surface area contributed by atoms with Crippen molar-refractivity contribution in [1.82, 2.24) is 0 Å². The molecule has 0 amide bonds. The molecular formula is C81H66Cl6. The minimum atomic E-state index is 0.194. The van der Waals surface area contributed by atoms with E-state index in [2.05, 4.69) is 296 Å². The van der Waals surface area contributed by atoms with Crippen LogP contribution in [0.15, 0.2) is 255 Å². The summed E-state index contributed by atoms with van der Waals surface area (Å²) in [5.74, 6) is 0. The van der Waals surface area contributed by atoms with Crippen LogP contribution in [0.25, 0.3) is 134 Å². The molecule has 0 fully saturated rings. The van der Waals surface area contributed by atoms with E-state index in [4.69, 9.17) is 69.6 Å². The highest BCUT2D eigenvalue weighted by Gasteiger charge is 2.34. The van der Waals surface area contributed by atoms with E-state index in [1.807, 2.05) is 0 Å². The molecule has 0 saturated heterocycles. The van der Waals surface area contributed by atoms with Gasteiger partial charge in [0, 0.05) is 0 Å². The summed E-state index contributed by atoms with van der Waals surface area (Å²) >= 11 is 28.6. The number of benzene rings is 12. The van der Waals surface area contributed by atoms with Crippen molar-refractivity contribution in [3.63, 3.8) is 0 Å². The normalized spacial score (nSPS) is 10.9. The Morgan fingerprint density at radius 1 is 0.161 bits per heavy atom. The quantitative estimate of drug-likeness (QED) is 0.146. The van der Waals surface area contributed by atoms with Crippen LogP contribution >= 0.6 is 69.6 Å². The zero-order valence-corrected chi connectivity index (χ0v) is 54.2. The predicted octanol–water partition coefficient (Wildman–Crippen LogP) is 26.1. The lowest BCUT2D eigenvalue weighted by Crippen LogP contribution is -2.07. The second-order valence-electron chi connectivity index (χ2n) is 21.4. The van der Waals surface area contributed by atoms with Gasteiger partial charge in [-0.3, -0.25) is 0 Å². The van der Waals surface area contributed by atoms with E-state index >= 15 is 0 Å². The molecule has 12 aromatic carbocycles. The third-order valence-corrected chi connectivity index (χ3v) is 16.8. The van der Waals surface area contributed by atoms with Crippen molar-refractivity contribution in [2.24, 2.45) is 0 Å². The Kier molecular flexibility index (Phi) is 20.8. The Hall–Kier alpha value is -7.62. The van der Waals surface area contributed by atoms with Gasteiger partial charge in [-0.25, -0.2) is 0 Å². The topological polar surface area (TPSA) is 0 Å². The molecule has 0 aromatic heterocycles. The average molecular weight is 1250 g/mol. The van der Waals surface area contributed by atoms with Gasteiger partial charge in [-0.05, 0) is 208 Å². The summed E-state index contributed by atoms with van der Waals surface area (Å²) in [4.78, 5) is 0. The molecule has 1 aliphatic carbocycles. The van der Waals surface area contributed by atoms with Crippen LogP contribution in [0.3, 0.4) is 0 Å². The summed E-state index contributed by atoms with van der Waals surface area (Å²) in [7, 11) is 0. The molecule has 0 nitrogen and oxygen atoms in total. The molecule has 0 bridgehead atoms. The molecule has 0 aliphatic heterocycles. The molecule has 432 valence electrons. The minimum absolute atomic E-state index is 0.194. The molecule has 0 atom stereocenters. The Morgan fingerprint density at radius 3 is 0.379 bits per heavy atom. The van der Waals surface area contributed by atoms with Gasteiger partial charge in [0.1, 0.15) is 0 Å². The van der Waals surface area contributed by atoms with Crippen molar-refractivity contribution in [1.29, 1.82) is 0 Å². The Balaban J connectivity index is 0.000000879. The van der Waals surface area contributed by atoms with E-state index in [9.17, 15) is 0 Å². The fourth-order valence-corrected chi connectivity index (χ4v) is 13.6. The third-order valence-electron chi connectivity index (χ3n) is 16.8. The van der Waals surface area contributed by atoms with Gasteiger partial charge in [-0.2, -0.15) is 0 Å². The maximum Gasteiger partial charge on any atom is 0.0967 e. The lowest BCUT2D eigenvalue weighted by molar-refractivity contribution is 1.35. The van der Waals surface area contributed by atoms with Gasteiger partial charge in [-0.15, -0.1) is 69.6 Å². The maximum atomic E-state index is 4.76. The zero-order chi connectivity index (χ0) is 61.1. The summed E-state index contributed by atoms with van der Waals surface area (Å²) in [6.45, 7) is 14.4. The van der Waals surface area contributed by atoms with Crippen molar-refractivity contribution in [2.75, 3.05) is 16.0 Å². The molecular weight excluding hydrogens is 1190 g/mol. The predicted molar refractivity (Wildman–Crippen MR) is 383 cm³/mol. The van der Waals surface area contributed by atoms with E-state index in [-0.39, 0.29) is 16.0 Å². The third kappa shape index (κ3) is 12.2. The molecule has 0 radical (unpaired) electrons. The smallest absolute Gasteiger partial charge is 0.0967 e. The van der Waals surface area contributed by atoms with E-state index < -0.39 is 0 Å². The molecule has 0 spiro atoms. The van der Waals surface area contributed by atoms with Gasteiger partial charge in [-0.1, -0.05) is 255 Å². The first-order chi connectivity index (χ1) is 42.6. The summed E-state index contributed by atoms with van der Waals surface area (Å²) in [6, 6.07) is 94.6. The lowest BCUT2D eigenvalue weighted by Gasteiger charge is -2.32. The molecule has 87 heavy (non-hydrogen) atoms. The van der Waals surface area contributed by atoms with Crippen LogP contribution in [-0.2, 0) is 0 Å². The highest BCUT2D eigenvalue weighted by molar-refractivity contribution is 6.41. The molecule has 13 rings (SSSR count). The van der Waals surface area contributed by atoms with Crippen LogP contribution in [0.1, 0.15) is 33.4 Å². The fourth-order valence-electron chi connectivity index (χ4n) is 13.6. The van der Waals surface area contributed by atoms with Crippen LogP contribution in [0.4, 0.5) is 0 Å². The van der Waals surface area contributed by atoms with Crippen molar-refractivity contribution in [3.8, 4) is 134 Å². The van der Waals surface area contributed by atoms with Crippen molar-refractivity contribution in [2.45, 2.75) is 41.5 Å². The van der Waals surface area contributed by atoms with Crippen LogP contribution in [0, 0.1) is 41.5 Å². The van der Waals surface area contributed by atoms with E-state index in [0.717, 1.165) is 0 Å². The summed E-state index contributed by atoms with van der Waals surface area (Å²) in [5.41, 5.74) is 37.0. The SMILES string of the molecule is Cc1c(-c2ccccc2)c(-c2ccccc2)c(C)c2c1-c1ccccc1-c1c(C)c(-c3ccccc3)c(-c3ccccc3)c(C)c1-c1ccccc1-c1c(C)c(-c3ccccc3)c(-c3ccccc3)c(C)c1-c1ccccc1-2.ClCCl.ClCCl.ClCCl. The number of halogens is 6. The van der Waals surface area contributed by atoms with E-state index in [1.54, 1.807) is 0 Å². The maximum absolute atomic E-state index is 4.76. The molecule has 0 saturated carbocycles. The van der Waals surface area contributed by atoms with Gasteiger partial charge < -0.3 is 0 Å². The number of rotatable bonds is 6. The number of fused-ring (bicyclic) bond motifs is 12. The van der Waals surface area contributed by atoms with E-state index in [1.165, 1.54) is 167 Å². The van der Waals surface area contributed by atoms with Crippen LogP contribution < -0.4 is 0 Å². The van der Waals surface area contributed by atoms with Gasteiger partial charge >= 0.3 is 0 Å². The van der Waals surface area contributed by atoms with Crippen LogP contribution in [0.5, 0.6) is 0 Å². The Bertz CT molecular complexity index is 3610. The zero-order valence-electron chi connectivity index (χ0n) is 49.6. The molecule has 6 heteroatoms. The number of hydrogen-bond acceptors (Lipinski definition) is 0. The second-order valence-corrected chi connectivity index (χ2v) is 23.8. The minimum Gasteiger partial charge on any atom is -0.109 e. The first-order valence-corrected chi connectivity index (χ1v) is 32.3. The van der Waals surface area contributed by atoms with Crippen LogP contribution in [0.2, 0.25) is 0 Å². The second kappa shape index (κ2) is 28.9.